The Morgan fingerprint density at radius 2 is 2.21 bits per heavy atom. The molecule has 0 aliphatic rings. The molecule has 1 amide bonds. The number of hydrogen-bond acceptors (Lipinski definition) is 3. The number of hydrogen-bond donors (Lipinski definition) is 1. The van der Waals surface area contributed by atoms with Crippen molar-refractivity contribution in [3.8, 4) is 18.1 Å². The van der Waals surface area contributed by atoms with E-state index in [4.69, 9.17) is 11.2 Å². The fourth-order valence-corrected chi connectivity index (χ4v) is 1.80. The van der Waals surface area contributed by atoms with Gasteiger partial charge in [0.25, 0.3) is 0 Å². The van der Waals surface area contributed by atoms with E-state index < -0.39 is 0 Å². The Labute approximate surface area is 114 Å². The fourth-order valence-electron chi connectivity index (χ4n) is 1.80. The molecule has 1 N–H and O–H groups in total. The highest BCUT2D eigenvalue weighted by atomic mass is 16.5. The molecule has 0 saturated carbocycles. The molecular weight excluding hydrogens is 240 g/mol. The van der Waals surface area contributed by atoms with Crippen LogP contribution in [-0.2, 0) is 4.79 Å². The molecule has 0 bridgehead atoms. The molecule has 0 aliphatic heterocycles. The van der Waals surface area contributed by atoms with Gasteiger partial charge in [0.1, 0.15) is 5.75 Å². The van der Waals surface area contributed by atoms with Gasteiger partial charge < -0.3 is 9.64 Å². The number of amides is 1. The number of para-hydroxylation sites is 1. The second kappa shape index (κ2) is 7.45. The Balaban J connectivity index is 2.73. The van der Waals surface area contributed by atoms with Crippen LogP contribution in [0.25, 0.3) is 0 Å². The van der Waals surface area contributed by atoms with Crippen LogP contribution in [0.5, 0.6) is 5.75 Å². The predicted octanol–water partition coefficient (Wildman–Crippen LogP) is 1.44. The van der Waals surface area contributed by atoms with E-state index in [2.05, 4.69) is 11.2 Å². The van der Waals surface area contributed by atoms with E-state index in [1.165, 1.54) is 0 Å². The van der Waals surface area contributed by atoms with Crippen molar-refractivity contribution >= 4 is 5.91 Å². The summed E-state index contributed by atoms with van der Waals surface area (Å²) in [6, 6.07) is 7.63. The monoisotopic (exact) mass is 260 g/mol. The summed E-state index contributed by atoms with van der Waals surface area (Å²) in [6.45, 7) is 2.60. The number of likely N-dealkylation sites (N-methyl/N-ethyl adjacent to an activating group) is 1. The highest BCUT2D eigenvalue weighted by Gasteiger charge is 2.19. The van der Waals surface area contributed by atoms with Crippen molar-refractivity contribution in [2.45, 2.75) is 13.0 Å². The van der Waals surface area contributed by atoms with E-state index in [-0.39, 0.29) is 18.5 Å². The van der Waals surface area contributed by atoms with E-state index in [1.54, 1.807) is 19.1 Å². The minimum atomic E-state index is -0.0590. The van der Waals surface area contributed by atoms with Gasteiger partial charge in [-0.2, -0.15) is 0 Å². The third-order valence-corrected chi connectivity index (χ3v) is 3.07. The van der Waals surface area contributed by atoms with Gasteiger partial charge in [-0.25, -0.2) is 0 Å². The molecule has 0 radical (unpaired) electrons. The number of nitrogens with one attached hydrogen (secondary N) is 1. The maximum Gasteiger partial charge on any atom is 0.236 e. The van der Waals surface area contributed by atoms with E-state index >= 15 is 0 Å². The molecule has 0 spiro atoms. The molecule has 0 aliphatic carbocycles. The van der Waals surface area contributed by atoms with E-state index in [0.717, 1.165) is 11.3 Å². The lowest BCUT2D eigenvalue weighted by Crippen LogP contribution is -2.37. The van der Waals surface area contributed by atoms with Crippen LogP contribution in [0.3, 0.4) is 0 Å². The van der Waals surface area contributed by atoms with Gasteiger partial charge in [0.2, 0.25) is 5.91 Å². The molecule has 1 aromatic carbocycles. The highest BCUT2D eigenvalue weighted by molar-refractivity contribution is 5.78. The van der Waals surface area contributed by atoms with Crippen molar-refractivity contribution < 1.29 is 9.53 Å². The molecule has 1 unspecified atom stereocenters. The third-order valence-electron chi connectivity index (χ3n) is 3.07. The molecule has 102 valence electrons. The third kappa shape index (κ3) is 4.01. The van der Waals surface area contributed by atoms with Gasteiger partial charge in [0.15, 0.2) is 0 Å². The summed E-state index contributed by atoms with van der Waals surface area (Å²) in [5, 5.41) is 2.89. The Kier molecular flexibility index (Phi) is 5.91. The normalized spacial score (nSPS) is 11.5. The largest absolute Gasteiger partial charge is 0.496 e. The number of carbonyl (C=O) groups excluding carboxylic acids is 1. The van der Waals surface area contributed by atoms with Crippen molar-refractivity contribution in [1.82, 2.24) is 10.2 Å². The van der Waals surface area contributed by atoms with Gasteiger partial charge in [0.05, 0.1) is 26.2 Å². The first-order chi connectivity index (χ1) is 9.11. The fraction of sp³-hybridized carbons (Fsp3) is 0.400. The SMILES string of the molecule is C#CCNCC(=O)N(C)C(C)c1ccccc1OC. The second-order valence-electron chi connectivity index (χ2n) is 4.23. The molecule has 0 heterocycles. The molecule has 0 saturated heterocycles. The summed E-state index contributed by atoms with van der Waals surface area (Å²) in [4.78, 5) is 13.7. The number of ether oxygens (including phenoxy) is 1. The zero-order valence-corrected chi connectivity index (χ0v) is 11.6. The van der Waals surface area contributed by atoms with Crippen LogP contribution in [0.15, 0.2) is 24.3 Å². The van der Waals surface area contributed by atoms with Crippen LogP contribution in [-0.4, -0.2) is 38.1 Å². The second-order valence-corrected chi connectivity index (χ2v) is 4.23. The highest BCUT2D eigenvalue weighted by Crippen LogP contribution is 2.27. The molecule has 0 aromatic heterocycles. The summed E-state index contributed by atoms with van der Waals surface area (Å²) in [7, 11) is 3.40. The minimum Gasteiger partial charge on any atom is -0.496 e. The first-order valence-electron chi connectivity index (χ1n) is 6.14. The van der Waals surface area contributed by atoms with Gasteiger partial charge in [-0.3, -0.25) is 10.1 Å². The summed E-state index contributed by atoms with van der Waals surface area (Å²) < 4.78 is 5.31. The van der Waals surface area contributed by atoms with Crippen molar-refractivity contribution in [3.63, 3.8) is 0 Å². The Morgan fingerprint density at radius 3 is 2.84 bits per heavy atom. The zero-order chi connectivity index (χ0) is 14.3. The maximum absolute atomic E-state index is 12.0. The van der Waals surface area contributed by atoms with E-state index in [9.17, 15) is 4.79 Å². The van der Waals surface area contributed by atoms with Crippen LogP contribution >= 0.6 is 0 Å². The van der Waals surface area contributed by atoms with Crippen molar-refractivity contribution in [2.24, 2.45) is 0 Å². The number of nitrogens with zero attached hydrogens (tertiary/aromatic N) is 1. The predicted molar refractivity (Wildman–Crippen MR) is 75.9 cm³/mol. The van der Waals surface area contributed by atoms with Crippen LogP contribution in [0.1, 0.15) is 18.5 Å². The average molecular weight is 260 g/mol. The van der Waals surface area contributed by atoms with Gasteiger partial charge in [-0.05, 0) is 13.0 Å². The average Bonchev–Trinajstić information content (AvgIpc) is 2.45. The summed E-state index contributed by atoms with van der Waals surface area (Å²) in [5.74, 6) is 3.22. The molecular formula is C15H20N2O2. The standard InChI is InChI=1S/C15H20N2O2/c1-5-10-16-11-15(18)17(3)12(2)13-8-6-7-9-14(13)19-4/h1,6-9,12,16H,10-11H2,2-4H3. The molecule has 1 atom stereocenters. The minimum absolute atomic E-state index is 0.00587. The lowest BCUT2D eigenvalue weighted by atomic mass is 10.1. The van der Waals surface area contributed by atoms with Crippen LogP contribution in [0.4, 0.5) is 0 Å². The Bertz CT molecular complexity index is 465. The van der Waals surface area contributed by atoms with E-state index in [0.29, 0.717) is 6.54 Å². The molecule has 0 fully saturated rings. The van der Waals surface area contributed by atoms with Crippen molar-refractivity contribution in [2.75, 3.05) is 27.2 Å². The number of rotatable bonds is 6. The summed E-state index contributed by atoms with van der Waals surface area (Å²) >= 11 is 0. The van der Waals surface area contributed by atoms with Crippen molar-refractivity contribution in [1.29, 1.82) is 0 Å². The first-order valence-corrected chi connectivity index (χ1v) is 6.14. The quantitative estimate of drug-likeness (QED) is 0.621. The summed E-state index contributed by atoms with van der Waals surface area (Å²) in [6.07, 6.45) is 5.13. The number of methoxy groups -OCH3 is 1. The van der Waals surface area contributed by atoms with Crippen molar-refractivity contribution in [3.05, 3.63) is 29.8 Å². The summed E-state index contributed by atoms with van der Waals surface area (Å²) in [5.41, 5.74) is 0.984. The Hall–Kier alpha value is -1.99. The lowest BCUT2D eigenvalue weighted by molar-refractivity contribution is -0.130. The van der Waals surface area contributed by atoms with Gasteiger partial charge in [-0.15, -0.1) is 6.42 Å². The molecule has 1 rings (SSSR count). The lowest BCUT2D eigenvalue weighted by Gasteiger charge is -2.26. The van der Waals surface area contributed by atoms with Gasteiger partial charge in [0, 0.05) is 12.6 Å². The molecule has 19 heavy (non-hydrogen) atoms. The first kappa shape index (κ1) is 15.1. The Morgan fingerprint density at radius 1 is 1.53 bits per heavy atom. The van der Waals surface area contributed by atoms with Crippen LogP contribution in [0.2, 0.25) is 0 Å². The topological polar surface area (TPSA) is 41.6 Å². The smallest absolute Gasteiger partial charge is 0.236 e. The molecule has 4 heteroatoms. The van der Waals surface area contributed by atoms with Gasteiger partial charge in [-0.1, -0.05) is 24.1 Å². The van der Waals surface area contributed by atoms with E-state index in [1.807, 2.05) is 31.2 Å². The van der Waals surface area contributed by atoms with Gasteiger partial charge >= 0.3 is 0 Å². The van der Waals surface area contributed by atoms with Crippen LogP contribution < -0.4 is 10.1 Å². The van der Waals surface area contributed by atoms with Crippen LogP contribution in [0, 0.1) is 12.3 Å². The number of terminal acetylenes is 1. The number of benzene rings is 1. The number of carbonyl (C=O) groups is 1. The zero-order valence-electron chi connectivity index (χ0n) is 11.6. The maximum atomic E-state index is 12.0. The molecule has 4 nitrogen and oxygen atoms in total. The molecule has 1 aromatic rings.